The van der Waals surface area contributed by atoms with Crippen molar-refractivity contribution in [2.75, 3.05) is 19.6 Å². The molecule has 0 bridgehead atoms. The van der Waals surface area contributed by atoms with Crippen LogP contribution in [-0.2, 0) is 9.53 Å². The molecular weight excluding hydrogens is 268 g/mol. The minimum Gasteiger partial charge on any atom is -0.444 e. The van der Waals surface area contributed by atoms with Gasteiger partial charge in [0.05, 0.1) is 0 Å². The van der Waals surface area contributed by atoms with Crippen molar-refractivity contribution in [1.29, 1.82) is 0 Å². The van der Waals surface area contributed by atoms with Gasteiger partial charge >= 0.3 is 6.09 Å². The Balaban J connectivity index is 2.25. The van der Waals surface area contributed by atoms with Crippen LogP contribution in [0.4, 0.5) is 4.79 Å². The number of amides is 2. The van der Waals surface area contributed by atoms with E-state index in [-0.39, 0.29) is 5.91 Å². The fraction of sp³-hybridized carbons (Fsp3) is 0.875. The molecule has 5 nitrogen and oxygen atoms in total. The summed E-state index contributed by atoms with van der Waals surface area (Å²) in [6.45, 7) is 11.9. The summed E-state index contributed by atoms with van der Waals surface area (Å²) in [4.78, 5) is 25.5. The lowest BCUT2D eigenvalue weighted by atomic mass is 9.78. The second-order valence-electron chi connectivity index (χ2n) is 7.22. The molecule has 0 spiro atoms. The molecule has 21 heavy (non-hydrogen) atoms. The highest BCUT2D eigenvalue weighted by atomic mass is 16.6. The Kier molecular flexibility index (Phi) is 6.05. The van der Waals surface area contributed by atoms with Crippen LogP contribution in [0.2, 0.25) is 0 Å². The van der Waals surface area contributed by atoms with E-state index in [1.54, 1.807) is 0 Å². The van der Waals surface area contributed by atoms with Gasteiger partial charge in [-0.15, -0.1) is 0 Å². The molecule has 0 unspecified atom stereocenters. The van der Waals surface area contributed by atoms with Crippen LogP contribution < -0.4 is 5.32 Å². The first kappa shape index (κ1) is 17.8. The highest BCUT2D eigenvalue weighted by Gasteiger charge is 2.30. The standard InChI is InChI=1S/C16H30N2O3/c1-6-16(5)8-11-18(12-9-16)13(19)7-10-17-14(20)21-15(2,3)4/h6-12H2,1-5H3,(H,17,20). The smallest absolute Gasteiger partial charge is 0.407 e. The fourth-order valence-corrected chi connectivity index (χ4v) is 2.39. The summed E-state index contributed by atoms with van der Waals surface area (Å²) in [6.07, 6.45) is 3.16. The van der Waals surface area contributed by atoms with E-state index < -0.39 is 11.7 Å². The van der Waals surface area contributed by atoms with Crippen LogP contribution in [0.15, 0.2) is 0 Å². The fourth-order valence-electron chi connectivity index (χ4n) is 2.39. The predicted molar refractivity (Wildman–Crippen MR) is 83.1 cm³/mol. The number of nitrogens with zero attached hydrogens (tertiary/aromatic N) is 1. The second-order valence-corrected chi connectivity index (χ2v) is 7.22. The zero-order valence-corrected chi connectivity index (χ0v) is 14.1. The lowest BCUT2D eigenvalue weighted by molar-refractivity contribution is -0.133. The summed E-state index contributed by atoms with van der Waals surface area (Å²) >= 11 is 0. The number of alkyl carbamates (subject to hydrolysis) is 1. The number of ether oxygens (including phenoxy) is 1. The summed E-state index contributed by atoms with van der Waals surface area (Å²) in [7, 11) is 0. The maximum absolute atomic E-state index is 12.1. The Morgan fingerprint density at radius 3 is 2.29 bits per heavy atom. The van der Waals surface area contributed by atoms with Crippen molar-refractivity contribution in [3.8, 4) is 0 Å². The van der Waals surface area contributed by atoms with Gasteiger partial charge < -0.3 is 15.0 Å². The van der Waals surface area contributed by atoms with E-state index in [0.717, 1.165) is 32.4 Å². The zero-order chi connectivity index (χ0) is 16.1. The molecular formula is C16H30N2O3. The van der Waals surface area contributed by atoms with Gasteiger partial charge in [0.15, 0.2) is 0 Å². The number of piperidine rings is 1. The van der Waals surface area contributed by atoms with E-state index in [2.05, 4.69) is 19.2 Å². The maximum Gasteiger partial charge on any atom is 0.407 e. The number of hydrogen-bond donors (Lipinski definition) is 1. The van der Waals surface area contributed by atoms with Gasteiger partial charge in [0, 0.05) is 26.1 Å². The van der Waals surface area contributed by atoms with Gasteiger partial charge in [0.2, 0.25) is 5.91 Å². The van der Waals surface area contributed by atoms with Gasteiger partial charge in [0.1, 0.15) is 5.60 Å². The third-order valence-corrected chi connectivity index (χ3v) is 4.18. The zero-order valence-electron chi connectivity index (χ0n) is 14.1. The highest BCUT2D eigenvalue weighted by Crippen LogP contribution is 2.33. The van der Waals surface area contributed by atoms with Crippen molar-refractivity contribution in [3.63, 3.8) is 0 Å². The molecule has 5 heteroatoms. The number of rotatable bonds is 4. The van der Waals surface area contributed by atoms with E-state index in [1.165, 1.54) is 0 Å². The summed E-state index contributed by atoms with van der Waals surface area (Å²) in [6, 6.07) is 0. The number of hydrogen-bond acceptors (Lipinski definition) is 3. The summed E-state index contributed by atoms with van der Waals surface area (Å²) < 4.78 is 5.13. The summed E-state index contributed by atoms with van der Waals surface area (Å²) in [5.74, 6) is 0.115. The van der Waals surface area contributed by atoms with Crippen molar-refractivity contribution >= 4 is 12.0 Å². The number of carbonyl (C=O) groups is 2. The normalized spacial score (nSPS) is 18.2. The van der Waals surface area contributed by atoms with Crippen LogP contribution in [0.25, 0.3) is 0 Å². The molecule has 0 aromatic rings. The average molecular weight is 298 g/mol. The average Bonchev–Trinajstić information content (AvgIpc) is 2.37. The van der Waals surface area contributed by atoms with Crippen molar-refractivity contribution in [3.05, 3.63) is 0 Å². The van der Waals surface area contributed by atoms with Crippen LogP contribution >= 0.6 is 0 Å². The monoisotopic (exact) mass is 298 g/mol. The van der Waals surface area contributed by atoms with E-state index in [4.69, 9.17) is 4.74 Å². The molecule has 0 aliphatic carbocycles. The Morgan fingerprint density at radius 2 is 1.81 bits per heavy atom. The Bertz CT molecular complexity index is 366. The number of nitrogens with one attached hydrogen (secondary N) is 1. The van der Waals surface area contributed by atoms with Crippen molar-refractivity contribution in [2.45, 2.75) is 65.9 Å². The first-order chi connectivity index (χ1) is 9.65. The highest BCUT2D eigenvalue weighted by molar-refractivity contribution is 5.77. The largest absolute Gasteiger partial charge is 0.444 e. The minimum absolute atomic E-state index is 0.115. The SMILES string of the molecule is CCC1(C)CCN(C(=O)CCNC(=O)OC(C)(C)C)CC1. The van der Waals surface area contributed by atoms with Gasteiger partial charge in [-0.3, -0.25) is 4.79 Å². The van der Waals surface area contributed by atoms with E-state index in [0.29, 0.717) is 18.4 Å². The molecule has 0 aromatic carbocycles. The molecule has 1 fully saturated rings. The van der Waals surface area contributed by atoms with Crippen molar-refractivity contribution in [1.82, 2.24) is 10.2 Å². The summed E-state index contributed by atoms with van der Waals surface area (Å²) in [5, 5.41) is 2.63. The third kappa shape index (κ3) is 6.36. The van der Waals surface area contributed by atoms with Crippen LogP contribution in [0.3, 0.4) is 0 Å². The molecule has 1 heterocycles. The first-order valence-corrected chi connectivity index (χ1v) is 7.90. The van der Waals surface area contributed by atoms with E-state index in [1.807, 2.05) is 25.7 Å². The van der Waals surface area contributed by atoms with Gasteiger partial charge in [0.25, 0.3) is 0 Å². The molecule has 1 aliphatic heterocycles. The molecule has 1 aliphatic rings. The van der Waals surface area contributed by atoms with Gasteiger partial charge in [-0.05, 0) is 39.0 Å². The lowest BCUT2D eigenvalue weighted by Crippen LogP contribution is -2.43. The van der Waals surface area contributed by atoms with Crippen LogP contribution in [0, 0.1) is 5.41 Å². The van der Waals surface area contributed by atoms with Crippen molar-refractivity contribution < 1.29 is 14.3 Å². The number of carbonyl (C=O) groups excluding carboxylic acids is 2. The third-order valence-electron chi connectivity index (χ3n) is 4.18. The molecule has 2 amide bonds. The molecule has 1 N–H and O–H groups in total. The molecule has 1 rings (SSSR count). The van der Waals surface area contributed by atoms with E-state index in [9.17, 15) is 9.59 Å². The van der Waals surface area contributed by atoms with Gasteiger partial charge in [-0.2, -0.15) is 0 Å². The van der Waals surface area contributed by atoms with Crippen molar-refractivity contribution in [2.24, 2.45) is 5.41 Å². The first-order valence-electron chi connectivity index (χ1n) is 7.90. The van der Waals surface area contributed by atoms with Crippen LogP contribution in [-0.4, -0.2) is 42.1 Å². The summed E-state index contributed by atoms with van der Waals surface area (Å²) in [5.41, 5.74) is -0.128. The Labute approximate surface area is 128 Å². The number of likely N-dealkylation sites (tertiary alicyclic amines) is 1. The minimum atomic E-state index is -0.508. The van der Waals surface area contributed by atoms with Gasteiger partial charge in [-0.1, -0.05) is 20.3 Å². The molecule has 1 saturated heterocycles. The maximum atomic E-state index is 12.1. The quantitative estimate of drug-likeness (QED) is 0.868. The molecule has 122 valence electrons. The topological polar surface area (TPSA) is 58.6 Å². The van der Waals surface area contributed by atoms with E-state index >= 15 is 0 Å². The van der Waals surface area contributed by atoms with Crippen LogP contribution in [0.5, 0.6) is 0 Å². The predicted octanol–water partition coefficient (Wildman–Crippen LogP) is 2.94. The van der Waals surface area contributed by atoms with Crippen LogP contribution in [0.1, 0.15) is 60.3 Å². The second kappa shape index (κ2) is 7.14. The van der Waals surface area contributed by atoms with Gasteiger partial charge in [-0.25, -0.2) is 4.79 Å². The lowest BCUT2D eigenvalue weighted by Gasteiger charge is -2.39. The molecule has 0 aromatic heterocycles. The Morgan fingerprint density at radius 1 is 1.24 bits per heavy atom. The molecule has 0 saturated carbocycles. The Hall–Kier alpha value is -1.26. The molecule has 0 radical (unpaired) electrons. The molecule has 0 atom stereocenters.